The lowest BCUT2D eigenvalue weighted by Gasteiger charge is -2.27. The van der Waals surface area contributed by atoms with E-state index in [0.29, 0.717) is 37.9 Å². The minimum atomic E-state index is -4.46. The number of halogens is 3. The topological polar surface area (TPSA) is 68.5 Å². The van der Waals surface area contributed by atoms with E-state index in [1.54, 1.807) is 6.07 Å². The molecule has 1 aliphatic rings. The minimum absolute atomic E-state index is 0.132. The molecule has 5 nitrogen and oxygen atoms in total. The molecule has 8 heteroatoms. The molecule has 2 N–H and O–H groups in total. The van der Waals surface area contributed by atoms with E-state index in [1.165, 1.54) is 6.07 Å². The number of carbonyl (C=O) groups is 1. The fourth-order valence-corrected chi connectivity index (χ4v) is 5.03. The van der Waals surface area contributed by atoms with Gasteiger partial charge in [0, 0.05) is 25.2 Å². The summed E-state index contributed by atoms with van der Waals surface area (Å²) in [6.45, 7) is 1.04. The Labute approximate surface area is 225 Å². The van der Waals surface area contributed by atoms with E-state index in [1.807, 2.05) is 42.5 Å². The lowest BCUT2D eigenvalue weighted by atomic mass is 9.90. The van der Waals surface area contributed by atoms with Gasteiger partial charge in [-0.15, -0.1) is 0 Å². The highest BCUT2D eigenvalue weighted by Gasteiger charge is 2.32. The maximum atomic E-state index is 12.9. The Kier molecular flexibility index (Phi) is 7.54. The van der Waals surface area contributed by atoms with E-state index in [4.69, 9.17) is 10.5 Å². The third-order valence-electron chi connectivity index (χ3n) is 6.92. The van der Waals surface area contributed by atoms with E-state index in [2.05, 4.69) is 34.1 Å². The SMILES string of the molecule is NC(=O)c1ccc(Cc2ccccc2)c(Cc2ccccc2)c1N1CCC(Oc2ccc(C(F)(F)F)cn2)C1. The van der Waals surface area contributed by atoms with Gasteiger partial charge in [0.15, 0.2) is 0 Å². The summed E-state index contributed by atoms with van der Waals surface area (Å²) in [7, 11) is 0. The van der Waals surface area contributed by atoms with E-state index >= 15 is 0 Å². The molecule has 0 aliphatic carbocycles. The molecular formula is C31H28F3N3O2. The van der Waals surface area contributed by atoms with Crippen molar-refractivity contribution in [3.05, 3.63) is 125 Å². The summed E-state index contributed by atoms with van der Waals surface area (Å²) in [5.74, 6) is -0.383. The van der Waals surface area contributed by atoms with Gasteiger partial charge >= 0.3 is 6.18 Å². The summed E-state index contributed by atoms with van der Waals surface area (Å²) >= 11 is 0. The molecule has 1 amide bonds. The normalized spacial score (nSPS) is 15.4. The van der Waals surface area contributed by atoms with E-state index in [0.717, 1.165) is 40.2 Å². The third-order valence-corrected chi connectivity index (χ3v) is 6.92. The van der Waals surface area contributed by atoms with Crippen molar-refractivity contribution >= 4 is 11.6 Å². The van der Waals surface area contributed by atoms with Crippen molar-refractivity contribution in [3.8, 4) is 5.88 Å². The summed E-state index contributed by atoms with van der Waals surface area (Å²) in [6, 6.07) is 26.1. The number of primary amides is 1. The number of carbonyl (C=O) groups excluding carboxylic acids is 1. The predicted molar refractivity (Wildman–Crippen MR) is 144 cm³/mol. The summed E-state index contributed by atoms with van der Waals surface area (Å²) in [6.07, 6.45) is -2.06. The van der Waals surface area contributed by atoms with Crippen LogP contribution in [0.1, 0.15) is 44.6 Å². The van der Waals surface area contributed by atoms with Crippen LogP contribution in [0.25, 0.3) is 0 Å². The molecule has 1 atom stereocenters. The molecule has 200 valence electrons. The predicted octanol–water partition coefficient (Wildman–Crippen LogP) is 6.04. The number of benzene rings is 3. The van der Waals surface area contributed by atoms with Gasteiger partial charge in [0.2, 0.25) is 5.88 Å². The van der Waals surface area contributed by atoms with Crippen molar-refractivity contribution in [3.63, 3.8) is 0 Å². The first-order chi connectivity index (χ1) is 18.8. The summed E-state index contributed by atoms with van der Waals surface area (Å²) in [4.78, 5) is 18.6. The first kappa shape index (κ1) is 26.3. The number of nitrogens with zero attached hydrogens (tertiary/aromatic N) is 2. The Morgan fingerprint density at radius 3 is 2.18 bits per heavy atom. The lowest BCUT2D eigenvalue weighted by molar-refractivity contribution is -0.137. The molecule has 1 saturated heterocycles. The van der Waals surface area contributed by atoms with Crippen molar-refractivity contribution in [1.29, 1.82) is 0 Å². The van der Waals surface area contributed by atoms with Crippen LogP contribution in [0.15, 0.2) is 91.1 Å². The maximum Gasteiger partial charge on any atom is 0.417 e. The van der Waals surface area contributed by atoms with Gasteiger partial charge in [-0.1, -0.05) is 66.7 Å². The number of hydrogen-bond acceptors (Lipinski definition) is 4. The Hall–Kier alpha value is -4.33. The van der Waals surface area contributed by atoms with E-state index in [-0.39, 0.29) is 12.0 Å². The average Bonchev–Trinajstić information content (AvgIpc) is 3.38. The van der Waals surface area contributed by atoms with Gasteiger partial charge in [-0.05, 0) is 47.2 Å². The number of anilines is 1. The van der Waals surface area contributed by atoms with Crippen LogP contribution in [-0.2, 0) is 19.0 Å². The second kappa shape index (κ2) is 11.2. The summed E-state index contributed by atoms with van der Waals surface area (Å²) in [5.41, 5.74) is 10.6. The fraction of sp³-hybridized carbons (Fsp3) is 0.226. The molecule has 4 aromatic rings. The maximum absolute atomic E-state index is 12.9. The molecular weight excluding hydrogens is 503 g/mol. The van der Waals surface area contributed by atoms with Crippen LogP contribution < -0.4 is 15.4 Å². The van der Waals surface area contributed by atoms with Crippen LogP contribution in [0.4, 0.5) is 18.9 Å². The molecule has 5 rings (SSSR count). The van der Waals surface area contributed by atoms with Crippen molar-refractivity contribution in [1.82, 2.24) is 4.98 Å². The fourth-order valence-electron chi connectivity index (χ4n) is 5.03. The second-order valence-corrected chi connectivity index (χ2v) is 9.65. The first-order valence-electron chi connectivity index (χ1n) is 12.7. The Morgan fingerprint density at radius 1 is 0.923 bits per heavy atom. The quantitative estimate of drug-likeness (QED) is 0.301. The van der Waals surface area contributed by atoms with Gasteiger partial charge < -0.3 is 15.4 Å². The van der Waals surface area contributed by atoms with Crippen LogP contribution in [0.3, 0.4) is 0 Å². The minimum Gasteiger partial charge on any atom is -0.472 e. The van der Waals surface area contributed by atoms with Crippen LogP contribution in [-0.4, -0.2) is 30.1 Å². The zero-order valence-electron chi connectivity index (χ0n) is 21.2. The third kappa shape index (κ3) is 6.22. The Bertz CT molecular complexity index is 1430. The monoisotopic (exact) mass is 531 g/mol. The first-order valence-corrected chi connectivity index (χ1v) is 12.7. The van der Waals surface area contributed by atoms with Crippen LogP contribution in [0.5, 0.6) is 5.88 Å². The summed E-state index contributed by atoms with van der Waals surface area (Å²) in [5, 5.41) is 0. The van der Waals surface area contributed by atoms with Gasteiger partial charge in [0.05, 0.1) is 23.4 Å². The zero-order chi connectivity index (χ0) is 27.4. The number of rotatable bonds is 8. The van der Waals surface area contributed by atoms with Crippen LogP contribution >= 0.6 is 0 Å². The van der Waals surface area contributed by atoms with Gasteiger partial charge in [-0.2, -0.15) is 13.2 Å². The highest BCUT2D eigenvalue weighted by atomic mass is 19.4. The highest BCUT2D eigenvalue weighted by molar-refractivity contribution is 6.00. The molecule has 1 aliphatic heterocycles. The van der Waals surface area contributed by atoms with Crippen molar-refractivity contribution in [2.45, 2.75) is 31.5 Å². The van der Waals surface area contributed by atoms with Gasteiger partial charge in [-0.25, -0.2) is 4.98 Å². The molecule has 0 bridgehead atoms. The zero-order valence-corrected chi connectivity index (χ0v) is 21.2. The van der Waals surface area contributed by atoms with Crippen LogP contribution in [0.2, 0.25) is 0 Å². The average molecular weight is 532 g/mol. The van der Waals surface area contributed by atoms with Crippen molar-refractivity contribution in [2.75, 3.05) is 18.0 Å². The number of hydrogen-bond donors (Lipinski definition) is 1. The standard InChI is InChI=1S/C31H28F3N3O2/c32-31(33,34)24-12-14-28(36-19-24)39-25-15-16-37(20-25)29-26(30(35)38)13-11-23(17-21-7-3-1-4-8-21)27(29)18-22-9-5-2-6-10-22/h1-14,19,25H,15-18,20H2,(H2,35,38). The molecule has 1 aromatic heterocycles. The molecule has 0 saturated carbocycles. The highest BCUT2D eigenvalue weighted by Crippen LogP contribution is 2.35. The molecule has 0 spiro atoms. The van der Waals surface area contributed by atoms with Crippen LogP contribution in [0, 0.1) is 0 Å². The largest absolute Gasteiger partial charge is 0.472 e. The van der Waals surface area contributed by atoms with Gasteiger partial charge in [-0.3, -0.25) is 4.79 Å². The number of nitrogens with two attached hydrogens (primary N) is 1. The van der Waals surface area contributed by atoms with Crippen molar-refractivity contribution < 1.29 is 22.7 Å². The number of ether oxygens (including phenoxy) is 1. The van der Waals surface area contributed by atoms with Gasteiger partial charge in [0.25, 0.3) is 5.91 Å². The molecule has 2 heterocycles. The number of alkyl halides is 3. The molecule has 1 fully saturated rings. The summed E-state index contributed by atoms with van der Waals surface area (Å²) < 4.78 is 44.7. The number of aromatic nitrogens is 1. The Morgan fingerprint density at radius 2 is 1.59 bits per heavy atom. The smallest absolute Gasteiger partial charge is 0.417 e. The number of amides is 1. The van der Waals surface area contributed by atoms with Crippen molar-refractivity contribution in [2.24, 2.45) is 5.73 Å². The number of pyridine rings is 1. The van der Waals surface area contributed by atoms with E-state index in [9.17, 15) is 18.0 Å². The molecule has 0 radical (unpaired) electrons. The molecule has 1 unspecified atom stereocenters. The van der Waals surface area contributed by atoms with E-state index < -0.39 is 17.6 Å². The Balaban J connectivity index is 1.47. The molecule has 39 heavy (non-hydrogen) atoms. The molecule has 3 aromatic carbocycles. The van der Waals surface area contributed by atoms with Gasteiger partial charge in [0.1, 0.15) is 6.10 Å². The lowest BCUT2D eigenvalue weighted by Crippen LogP contribution is -2.29. The second-order valence-electron chi connectivity index (χ2n) is 9.65.